The highest BCUT2D eigenvalue weighted by molar-refractivity contribution is 6.33. The molecule has 2 heterocycles. The first-order valence-electron chi connectivity index (χ1n) is 6.17. The van der Waals surface area contributed by atoms with Gasteiger partial charge < -0.3 is 9.80 Å². The number of nitrogens with zero attached hydrogens (tertiary/aromatic N) is 4. The predicted octanol–water partition coefficient (Wildman–Crippen LogP) is 1.16. The highest BCUT2D eigenvalue weighted by Gasteiger charge is 2.25. The van der Waals surface area contributed by atoms with E-state index in [0.29, 0.717) is 16.4 Å². The molecule has 0 unspecified atom stereocenters. The van der Waals surface area contributed by atoms with Gasteiger partial charge in [-0.15, -0.1) is 0 Å². The van der Waals surface area contributed by atoms with Gasteiger partial charge in [0.25, 0.3) is 5.91 Å². The summed E-state index contributed by atoms with van der Waals surface area (Å²) in [5.74, 6) is 0.000833. The number of likely N-dealkylation sites (N-methyl/N-ethyl adjacent to an activating group) is 1. The Kier molecular flexibility index (Phi) is 3.92. The van der Waals surface area contributed by atoms with Gasteiger partial charge in [0.15, 0.2) is 0 Å². The fourth-order valence-corrected chi connectivity index (χ4v) is 2.54. The minimum atomic E-state index is 0.000833. The number of carbonyl (C=O) groups is 1. The fourth-order valence-electron chi connectivity index (χ4n) is 2.28. The lowest BCUT2D eigenvalue weighted by Crippen LogP contribution is -2.34. The summed E-state index contributed by atoms with van der Waals surface area (Å²) in [6.07, 6.45) is 0.999. The van der Waals surface area contributed by atoms with Gasteiger partial charge in [0, 0.05) is 26.7 Å². The zero-order valence-corrected chi connectivity index (χ0v) is 11.9. The zero-order chi connectivity index (χ0) is 13.3. The van der Waals surface area contributed by atoms with Crippen molar-refractivity contribution < 1.29 is 4.79 Å². The first-order chi connectivity index (χ1) is 8.50. The highest BCUT2D eigenvalue weighted by atomic mass is 35.5. The molecule has 0 aliphatic carbocycles. The van der Waals surface area contributed by atoms with E-state index in [-0.39, 0.29) is 5.91 Å². The first-order valence-corrected chi connectivity index (χ1v) is 6.55. The molecule has 1 aliphatic rings. The summed E-state index contributed by atoms with van der Waals surface area (Å²) < 4.78 is 1.55. The van der Waals surface area contributed by atoms with Crippen molar-refractivity contribution in [1.29, 1.82) is 0 Å². The average molecular weight is 271 g/mol. The predicted molar refractivity (Wildman–Crippen MR) is 71.0 cm³/mol. The van der Waals surface area contributed by atoms with Crippen LogP contribution in [0, 0.1) is 6.92 Å². The summed E-state index contributed by atoms with van der Waals surface area (Å²) >= 11 is 6.14. The van der Waals surface area contributed by atoms with Gasteiger partial charge in [-0.05, 0) is 26.9 Å². The molecule has 1 aromatic heterocycles. The first kappa shape index (κ1) is 13.4. The van der Waals surface area contributed by atoms with Crippen molar-refractivity contribution in [3.63, 3.8) is 0 Å². The molecule has 0 aromatic carbocycles. The third-order valence-electron chi connectivity index (χ3n) is 3.37. The Bertz CT molecular complexity index is 457. The van der Waals surface area contributed by atoms with Crippen LogP contribution in [0.1, 0.15) is 22.5 Å². The molecule has 1 aromatic rings. The van der Waals surface area contributed by atoms with Crippen molar-refractivity contribution >= 4 is 17.5 Å². The van der Waals surface area contributed by atoms with Gasteiger partial charge in [-0.1, -0.05) is 11.6 Å². The lowest BCUT2D eigenvalue weighted by molar-refractivity contribution is 0.0762. The molecular formula is C12H19ClN4O. The Morgan fingerprint density at radius 1 is 1.22 bits per heavy atom. The van der Waals surface area contributed by atoms with Crippen molar-refractivity contribution in [2.45, 2.75) is 13.3 Å². The summed E-state index contributed by atoms with van der Waals surface area (Å²) in [6, 6.07) is 0. The second kappa shape index (κ2) is 5.28. The van der Waals surface area contributed by atoms with Gasteiger partial charge in [-0.2, -0.15) is 5.10 Å². The minimum Gasteiger partial charge on any atom is -0.337 e. The third kappa shape index (κ3) is 2.52. The van der Waals surface area contributed by atoms with Crippen LogP contribution in [0.2, 0.25) is 5.15 Å². The Balaban J connectivity index is 2.20. The molecule has 5 nitrogen and oxygen atoms in total. The average Bonchev–Trinajstić information content (AvgIpc) is 2.51. The van der Waals surface area contributed by atoms with Crippen molar-refractivity contribution in [2.75, 3.05) is 33.2 Å². The smallest absolute Gasteiger partial charge is 0.258 e. The van der Waals surface area contributed by atoms with Gasteiger partial charge >= 0.3 is 0 Å². The number of hydrogen-bond acceptors (Lipinski definition) is 3. The molecule has 0 N–H and O–H groups in total. The van der Waals surface area contributed by atoms with E-state index < -0.39 is 0 Å². The third-order valence-corrected chi connectivity index (χ3v) is 3.81. The number of hydrogen-bond donors (Lipinski definition) is 0. The quantitative estimate of drug-likeness (QED) is 0.769. The summed E-state index contributed by atoms with van der Waals surface area (Å²) in [5, 5.41) is 4.62. The molecule has 1 fully saturated rings. The van der Waals surface area contributed by atoms with Crippen LogP contribution in [0.25, 0.3) is 0 Å². The maximum Gasteiger partial charge on any atom is 0.258 e. The van der Waals surface area contributed by atoms with Gasteiger partial charge in [-0.25, -0.2) is 0 Å². The number of amides is 1. The monoisotopic (exact) mass is 270 g/mol. The summed E-state index contributed by atoms with van der Waals surface area (Å²) in [4.78, 5) is 16.6. The number of aromatic nitrogens is 2. The molecule has 1 aliphatic heterocycles. The van der Waals surface area contributed by atoms with E-state index in [1.807, 2.05) is 11.8 Å². The number of halogens is 1. The molecule has 18 heavy (non-hydrogen) atoms. The van der Waals surface area contributed by atoms with Crippen LogP contribution in [-0.4, -0.2) is 58.7 Å². The molecule has 0 radical (unpaired) electrons. The SMILES string of the molecule is Cc1nn(C)c(Cl)c1C(=O)N1CCCN(C)CC1. The maximum absolute atomic E-state index is 12.5. The highest BCUT2D eigenvalue weighted by Crippen LogP contribution is 2.21. The number of rotatable bonds is 1. The Morgan fingerprint density at radius 2 is 1.94 bits per heavy atom. The number of aryl methyl sites for hydroxylation is 2. The zero-order valence-electron chi connectivity index (χ0n) is 11.1. The van der Waals surface area contributed by atoms with Gasteiger partial charge in [0.2, 0.25) is 0 Å². The summed E-state index contributed by atoms with van der Waals surface area (Å²) in [5.41, 5.74) is 1.24. The molecule has 1 amide bonds. The van der Waals surface area contributed by atoms with Gasteiger partial charge in [0.05, 0.1) is 11.3 Å². The van der Waals surface area contributed by atoms with Crippen molar-refractivity contribution in [3.05, 3.63) is 16.4 Å². The van der Waals surface area contributed by atoms with Crippen molar-refractivity contribution in [3.8, 4) is 0 Å². The van der Waals surface area contributed by atoms with Gasteiger partial charge in [0.1, 0.15) is 5.15 Å². The molecule has 0 saturated carbocycles. The van der Waals surface area contributed by atoms with Crippen LogP contribution in [-0.2, 0) is 7.05 Å². The molecular weight excluding hydrogens is 252 g/mol. The van der Waals surface area contributed by atoms with E-state index in [2.05, 4.69) is 17.0 Å². The molecule has 0 bridgehead atoms. The van der Waals surface area contributed by atoms with Crippen LogP contribution in [0.5, 0.6) is 0 Å². The topological polar surface area (TPSA) is 41.4 Å². The van der Waals surface area contributed by atoms with Crippen LogP contribution in [0.15, 0.2) is 0 Å². The Hall–Kier alpha value is -1.07. The van der Waals surface area contributed by atoms with E-state index in [9.17, 15) is 4.79 Å². The molecule has 0 spiro atoms. The molecule has 1 saturated heterocycles. The van der Waals surface area contributed by atoms with Crippen molar-refractivity contribution in [2.24, 2.45) is 7.05 Å². The Morgan fingerprint density at radius 3 is 2.56 bits per heavy atom. The van der Waals surface area contributed by atoms with Crippen molar-refractivity contribution in [1.82, 2.24) is 19.6 Å². The largest absolute Gasteiger partial charge is 0.337 e. The van der Waals surface area contributed by atoms with E-state index in [1.165, 1.54) is 0 Å². The maximum atomic E-state index is 12.5. The fraction of sp³-hybridized carbons (Fsp3) is 0.667. The standard InChI is InChI=1S/C12H19ClN4O/c1-9-10(11(13)16(3)14-9)12(18)17-6-4-5-15(2)7-8-17/h4-8H2,1-3H3. The minimum absolute atomic E-state index is 0.000833. The summed E-state index contributed by atoms with van der Waals surface area (Å²) in [7, 11) is 3.83. The lowest BCUT2D eigenvalue weighted by Gasteiger charge is -2.20. The molecule has 0 atom stereocenters. The second-order valence-corrected chi connectivity index (χ2v) is 5.18. The van der Waals surface area contributed by atoms with Crippen LogP contribution < -0.4 is 0 Å². The van der Waals surface area contributed by atoms with E-state index in [4.69, 9.17) is 11.6 Å². The van der Waals surface area contributed by atoms with Gasteiger partial charge in [-0.3, -0.25) is 9.48 Å². The van der Waals surface area contributed by atoms with Crippen LogP contribution in [0.3, 0.4) is 0 Å². The lowest BCUT2D eigenvalue weighted by atomic mass is 10.2. The van der Waals surface area contributed by atoms with E-state index in [1.54, 1.807) is 11.7 Å². The normalized spacial score (nSPS) is 17.9. The molecule has 6 heteroatoms. The second-order valence-electron chi connectivity index (χ2n) is 4.82. The van der Waals surface area contributed by atoms with Crippen LogP contribution >= 0.6 is 11.6 Å². The summed E-state index contributed by atoms with van der Waals surface area (Å²) in [6.45, 7) is 5.29. The Labute approximate surface area is 112 Å². The number of carbonyl (C=O) groups excluding carboxylic acids is 1. The van der Waals surface area contributed by atoms with E-state index >= 15 is 0 Å². The molecule has 2 rings (SSSR count). The molecule has 100 valence electrons. The van der Waals surface area contributed by atoms with Crippen LogP contribution in [0.4, 0.5) is 0 Å². The van der Waals surface area contributed by atoms with E-state index in [0.717, 1.165) is 32.6 Å².